The van der Waals surface area contributed by atoms with Gasteiger partial charge in [-0.25, -0.2) is 14.4 Å². The van der Waals surface area contributed by atoms with E-state index in [4.69, 9.17) is 14.0 Å². The van der Waals surface area contributed by atoms with Gasteiger partial charge in [0, 0.05) is 45.0 Å². The fourth-order valence-electron chi connectivity index (χ4n) is 3.38. The second-order valence-corrected chi connectivity index (χ2v) is 10.0. The zero-order valence-electron chi connectivity index (χ0n) is 22.6. The van der Waals surface area contributed by atoms with E-state index in [1.54, 1.807) is 0 Å². The van der Waals surface area contributed by atoms with Gasteiger partial charge in [0.05, 0.1) is 6.42 Å². The van der Waals surface area contributed by atoms with Crippen LogP contribution >= 0.6 is 11.8 Å². The average Bonchev–Trinajstić information content (AvgIpc) is 3.40. The van der Waals surface area contributed by atoms with Gasteiger partial charge in [-0.15, -0.1) is 5.06 Å². The van der Waals surface area contributed by atoms with Crippen molar-refractivity contribution in [2.24, 2.45) is 0 Å². The number of thioether (sulfide) groups is 1. The predicted octanol–water partition coefficient (Wildman–Crippen LogP) is 0.206. The van der Waals surface area contributed by atoms with Crippen LogP contribution in [0.15, 0.2) is 13.6 Å². The smallest absolute Gasteiger partial charge is 0.441 e. The van der Waals surface area contributed by atoms with Crippen molar-refractivity contribution in [2.45, 2.75) is 71.4 Å². The summed E-state index contributed by atoms with van der Waals surface area (Å²) in [7, 11) is 0. The first kappa shape index (κ1) is 33.1. The van der Waals surface area contributed by atoms with Gasteiger partial charge in [0.15, 0.2) is 23.2 Å². The van der Waals surface area contributed by atoms with E-state index in [1.165, 1.54) is 25.6 Å². The van der Waals surface area contributed by atoms with Crippen molar-refractivity contribution in [2.75, 3.05) is 18.8 Å². The van der Waals surface area contributed by atoms with E-state index in [1.807, 2.05) is 0 Å². The molecule has 0 aliphatic carbocycles. The highest BCUT2D eigenvalue weighted by molar-refractivity contribution is 8.13. The molecule has 226 valence electrons. The van der Waals surface area contributed by atoms with E-state index < -0.39 is 54.0 Å². The van der Waals surface area contributed by atoms with Crippen molar-refractivity contribution < 1.29 is 52.0 Å². The molecule has 0 saturated carbocycles. The van der Waals surface area contributed by atoms with Crippen LogP contribution in [0.5, 0.6) is 0 Å². The van der Waals surface area contributed by atoms with E-state index in [0.717, 1.165) is 6.42 Å². The lowest BCUT2D eigenvalue weighted by atomic mass is 10.1. The predicted molar refractivity (Wildman–Crippen MR) is 139 cm³/mol. The van der Waals surface area contributed by atoms with Gasteiger partial charge in [0.2, 0.25) is 11.8 Å². The van der Waals surface area contributed by atoms with E-state index in [2.05, 4.69) is 20.4 Å². The molecule has 1 fully saturated rings. The second kappa shape index (κ2) is 16.8. The van der Waals surface area contributed by atoms with Crippen LogP contribution in [0, 0.1) is 6.92 Å². The Labute approximate surface area is 238 Å². The third-order valence-corrected chi connectivity index (χ3v) is 6.34. The van der Waals surface area contributed by atoms with E-state index >= 15 is 0 Å². The van der Waals surface area contributed by atoms with Crippen LogP contribution in [0.1, 0.15) is 63.4 Å². The van der Waals surface area contributed by atoms with E-state index in [0.29, 0.717) is 23.7 Å². The Bertz CT molecular complexity index is 1180. The third-order valence-electron chi connectivity index (χ3n) is 5.44. The van der Waals surface area contributed by atoms with Crippen LogP contribution in [0.2, 0.25) is 0 Å². The summed E-state index contributed by atoms with van der Waals surface area (Å²) < 4.78 is 14.2. The molecule has 1 aromatic heterocycles. The molecule has 2 rings (SSSR count). The maximum absolute atomic E-state index is 12.7. The summed E-state index contributed by atoms with van der Waals surface area (Å²) in [5.74, 6) is -3.88. The number of aryl methyl sites for hydroxylation is 1. The molecule has 5 amide bonds. The maximum Gasteiger partial charge on any atom is 0.519 e. The van der Waals surface area contributed by atoms with E-state index in [9.17, 15) is 38.4 Å². The minimum Gasteiger partial charge on any atom is -0.441 e. The van der Waals surface area contributed by atoms with Gasteiger partial charge >= 0.3 is 17.9 Å². The number of nitrogens with one attached hydrogen (secondary N) is 3. The quantitative estimate of drug-likeness (QED) is 0.171. The summed E-state index contributed by atoms with van der Waals surface area (Å²) in [6, 6.07) is -1.39. The molecule has 0 radical (unpaired) electrons. The molecule has 0 unspecified atom stereocenters. The SMILES string of the molecule is CC(=O)SCCCCCC(=O)N[C@@H](CC(=O)ON1C(=O)CCC1=O)C(=O)NCCNC(=O)OCc1oc(=O)oc1C. The normalized spacial score (nSPS) is 13.5. The standard InChI is InChI=1S/C24H32N4O12S/c1-14-17(39-24(36)38-14)13-37-23(35)26-10-9-25-22(34)16(12-21(33)40-28-19(31)7-8-20(28)32)27-18(30)6-4-3-5-11-41-15(2)29/h16H,3-13H2,1-2H3,(H,25,34)(H,26,35)(H,27,30)/t16-/m0/s1. The summed E-state index contributed by atoms with van der Waals surface area (Å²) in [5, 5.41) is 7.59. The fourth-order valence-corrected chi connectivity index (χ4v) is 4.02. The molecule has 17 heteroatoms. The number of unbranched alkanes of at least 4 members (excludes halogenated alkanes) is 2. The molecule has 1 atom stereocenters. The molecule has 2 heterocycles. The highest BCUT2D eigenvalue weighted by atomic mass is 32.2. The van der Waals surface area contributed by atoms with Gasteiger partial charge in [-0.05, 0) is 19.8 Å². The molecule has 16 nitrogen and oxygen atoms in total. The summed E-state index contributed by atoms with van der Waals surface area (Å²) in [6.45, 7) is 2.35. The van der Waals surface area contributed by atoms with Gasteiger partial charge in [-0.2, -0.15) is 0 Å². The third kappa shape index (κ3) is 12.3. The number of imide groups is 1. The van der Waals surface area contributed by atoms with Gasteiger partial charge in [0.1, 0.15) is 6.04 Å². The highest BCUT2D eigenvalue weighted by Gasteiger charge is 2.34. The molecular formula is C24H32N4O12S. The zero-order valence-corrected chi connectivity index (χ0v) is 23.4. The lowest BCUT2D eigenvalue weighted by Crippen LogP contribution is -2.49. The number of ether oxygens (including phenoxy) is 1. The average molecular weight is 601 g/mol. The highest BCUT2D eigenvalue weighted by Crippen LogP contribution is 2.13. The summed E-state index contributed by atoms with van der Waals surface area (Å²) in [5.41, 5.74) is 0. The Morgan fingerprint density at radius 1 is 0.976 bits per heavy atom. The first-order valence-electron chi connectivity index (χ1n) is 12.7. The molecule has 1 aromatic rings. The van der Waals surface area contributed by atoms with E-state index in [-0.39, 0.29) is 55.6 Å². The number of amides is 5. The first-order valence-corrected chi connectivity index (χ1v) is 13.7. The van der Waals surface area contributed by atoms with Crippen LogP contribution in [0.3, 0.4) is 0 Å². The molecule has 0 aromatic carbocycles. The van der Waals surface area contributed by atoms with Crippen LogP contribution in [-0.4, -0.2) is 70.8 Å². The number of hydroxylamine groups is 2. The molecule has 3 N–H and O–H groups in total. The molecule has 1 aliphatic heterocycles. The fraction of sp³-hybridized carbons (Fsp3) is 0.583. The minimum absolute atomic E-state index is 0.00658. The molecule has 41 heavy (non-hydrogen) atoms. The van der Waals surface area contributed by atoms with Crippen molar-refractivity contribution in [3.63, 3.8) is 0 Å². The lowest BCUT2D eigenvalue weighted by molar-refractivity contribution is -0.197. The van der Waals surface area contributed by atoms with Gasteiger partial charge < -0.3 is 34.4 Å². The molecule has 0 spiro atoms. The topological polar surface area (TPSA) is 221 Å². The number of carbonyl (C=O) groups excluding carboxylic acids is 7. The van der Waals surface area contributed by atoms with Crippen molar-refractivity contribution in [3.05, 3.63) is 22.1 Å². The molecule has 1 aliphatic rings. The zero-order chi connectivity index (χ0) is 30.4. The number of nitrogens with zero attached hydrogens (tertiary/aromatic N) is 1. The van der Waals surface area contributed by atoms with Crippen molar-refractivity contribution in [1.29, 1.82) is 0 Å². The van der Waals surface area contributed by atoms with Gasteiger partial charge in [-0.1, -0.05) is 18.2 Å². The minimum atomic E-state index is -1.39. The Kier molecular flexibility index (Phi) is 13.6. The first-order chi connectivity index (χ1) is 19.5. The second-order valence-electron chi connectivity index (χ2n) is 8.75. The molecule has 0 bridgehead atoms. The number of hydrogen-bond donors (Lipinski definition) is 3. The Morgan fingerprint density at radius 2 is 1.66 bits per heavy atom. The molecular weight excluding hydrogens is 568 g/mol. The molecule has 1 saturated heterocycles. The summed E-state index contributed by atoms with van der Waals surface area (Å²) in [6.07, 6.45) is 0.153. The maximum atomic E-state index is 12.7. The van der Waals surface area contributed by atoms with Crippen molar-refractivity contribution in [1.82, 2.24) is 21.0 Å². The Balaban J connectivity index is 1.82. The Hall–Kier alpha value is -4.15. The van der Waals surface area contributed by atoms with Crippen LogP contribution in [0.25, 0.3) is 0 Å². The van der Waals surface area contributed by atoms with Crippen molar-refractivity contribution in [3.8, 4) is 0 Å². The largest absolute Gasteiger partial charge is 0.519 e. The lowest BCUT2D eigenvalue weighted by Gasteiger charge is -2.19. The van der Waals surface area contributed by atoms with Gasteiger partial charge in [0.25, 0.3) is 11.8 Å². The summed E-state index contributed by atoms with van der Waals surface area (Å²) >= 11 is 1.19. The number of hydrogen-bond acceptors (Lipinski definition) is 13. The monoisotopic (exact) mass is 600 g/mol. The van der Waals surface area contributed by atoms with Crippen LogP contribution < -0.4 is 21.8 Å². The van der Waals surface area contributed by atoms with Crippen LogP contribution in [0.4, 0.5) is 4.79 Å². The summed E-state index contributed by atoms with van der Waals surface area (Å²) in [4.78, 5) is 99.6. The Morgan fingerprint density at radius 3 is 2.29 bits per heavy atom. The number of alkyl carbamates (subject to hydrolysis) is 1. The van der Waals surface area contributed by atoms with Crippen LogP contribution in [-0.2, 0) is 44.9 Å². The number of carbonyl (C=O) groups is 7. The van der Waals surface area contributed by atoms with Gasteiger partial charge in [-0.3, -0.25) is 24.0 Å². The van der Waals surface area contributed by atoms with Crippen molar-refractivity contribution >= 4 is 52.6 Å². The number of rotatable bonds is 16.